The highest BCUT2D eigenvalue weighted by atomic mass is 79.9. The van der Waals surface area contributed by atoms with Crippen LogP contribution in [0.4, 0.5) is 16.3 Å². The first-order valence-corrected chi connectivity index (χ1v) is 5.27. The molecule has 0 aliphatic heterocycles. The molecule has 0 atom stereocenters. The Morgan fingerprint density at radius 3 is 2.80 bits per heavy atom. The molecular formula is C9H13BrN4O. The van der Waals surface area contributed by atoms with Crippen molar-refractivity contribution >= 4 is 33.5 Å². The third-order valence-corrected chi connectivity index (χ3v) is 2.12. The lowest BCUT2D eigenvalue weighted by Gasteiger charge is -2.10. The molecule has 1 heterocycles. The fraction of sp³-hybridized carbons (Fsp3) is 0.333. The molecule has 0 saturated heterocycles. The van der Waals surface area contributed by atoms with Crippen LogP contribution in [0.1, 0.15) is 13.8 Å². The Morgan fingerprint density at radius 2 is 2.27 bits per heavy atom. The number of carbonyl (C=O) groups is 1. The summed E-state index contributed by atoms with van der Waals surface area (Å²) in [5.74, 6) is 0.447. The van der Waals surface area contributed by atoms with Crippen LogP contribution < -0.4 is 16.4 Å². The van der Waals surface area contributed by atoms with Gasteiger partial charge in [0.2, 0.25) is 0 Å². The second-order valence-corrected chi connectivity index (χ2v) is 4.21. The molecule has 5 nitrogen and oxygen atoms in total. The van der Waals surface area contributed by atoms with Crippen molar-refractivity contribution in [3.05, 3.63) is 16.7 Å². The first kappa shape index (κ1) is 11.8. The topological polar surface area (TPSA) is 80.0 Å². The Hall–Kier alpha value is -1.30. The van der Waals surface area contributed by atoms with Gasteiger partial charge in [-0.25, -0.2) is 9.78 Å². The number of hydrogen-bond donors (Lipinski definition) is 3. The molecule has 0 bridgehead atoms. The van der Waals surface area contributed by atoms with Gasteiger partial charge in [-0.15, -0.1) is 0 Å². The zero-order valence-electron chi connectivity index (χ0n) is 8.54. The van der Waals surface area contributed by atoms with Crippen LogP contribution in [0.25, 0.3) is 0 Å². The molecular weight excluding hydrogens is 260 g/mol. The van der Waals surface area contributed by atoms with Crippen molar-refractivity contribution < 1.29 is 4.79 Å². The van der Waals surface area contributed by atoms with E-state index in [1.54, 1.807) is 6.07 Å². The number of anilines is 2. The van der Waals surface area contributed by atoms with Crippen LogP contribution in [0.2, 0.25) is 0 Å². The fourth-order valence-electron chi connectivity index (χ4n) is 0.950. The SMILES string of the molecule is CC(C)NC(=O)Nc1ncc(N)cc1Br. The van der Waals surface area contributed by atoms with E-state index >= 15 is 0 Å². The Morgan fingerprint density at radius 1 is 1.60 bits per heavy atom. The first-order valence-electron chi connectivity index (χ1n) is 4.47. The summed E-state index contributed by atoms with van der Waals surface area (Å²) in [6, 6.07) is 1.47. The quantitative estimate of drug-likeness (QED) is 0.770. The number of nitrogens with zero attached hydrogens (tertiary/aromatic N) is 1. The summed E-state index contributed by atoms with van der Waals surface area (Å²) in [7, 11) is 0. The number of amides is 2. The zero-order valence-corrected chi connectivity index (χ0v) is 10.1. The summed E-state index contributed by atoms with van der Waals surface area (Å²) in [5, 5.41) is 5.30. The molecule has 6 heteroatoms. The van der Waals surface area contributed by atoms with Gasteiger partial charge in [-0.1, -0.05) is 0 Å². The van der Waals surface area contributed by atoms with E-state index < -0.39 is 0 Å². The molecule has 1 rings (SSSR count). The second kappa shape index (κ2) is 4.97. The van der Waals surface area contributed by atoms with E-state index in [-0.39, 0.29) is 12.1 Å². The molecule has 0 aromatic carbocycles. The van der Waals surface area contributed by atoms with E-state index in [2.05, 4.69) is 31.5 Å². The summed E-state index contributed by atoms with van der Waals surface area (Å²) in [6.45, 7) is 3.76. The molecule has 0 spiro atoms. The number of rotatable bonds is 2. The number of nitrogens with one attached hydrogen (secondary N) is 2. The maximum absolute atomic E-state index is 11.3. The summed E-state index contributed by atoms with van der Waals surface area (Å²) in [6.07, 6.45) is 1.48. The van der Waals surface area contributed by atoms with Gasteiger partial charge in [0.05, 0.1) is 16.4 Å². The van der Waals surface area contributed by atoms with Crippen LogP contribution in [0.5, 0.6) is 0 Å². The minimum Gasteiger partial charge on any atom is -0.397 e. The second-order valence-electron chi connectivity index (χ2n) is 3.35. The molecule has 0 radical (unpaired) electrons. The third kappa shape index (κ3) is 3.75. The van der Waals surface area contributed by atoms with Crippen LogP contribution in [0.15, 0.2) is 16.7 Å². The van der Waals surface area contributed by atoms with Crippen molar-refractivity contribution in [3.63, 3.8) is 0 Å². The van der Waals surface area contributed by atoms with Crippen LogP contribution in [0.3, 0.4) is 0 Å². The van der Waals surface area contributed by atoms with Gasteiger partial charge in [-0.2, -0.15) is 0 Å². The Labute approximate surface area is 96.6 Å². The average molecular weight is 273 g/mol. The van der Waals surface area contributed by atoms with Crippen molar-refractivity contribution in [1.82, 2.24) is 10.3 Å². The Bertz CT molecular complexity index is 367. The third-order valence-electron chi connectivity index (χ3n) is 1.51. The average Bonchev–Trinajstić information content (AvgIpc) is 2.08. The molecule has 0 aliphatic carbocycles. The number of urea groups is 1. The highest BCUT2D eigenvalue weighted by molar-refractivity contribution is 9.10. The van der Waals surface area contributed by atoms with Gasteiger partial charge in [-0.3, -0.25) is 5.32 Å². The maximum atomic E-state index is 11.3. The minimum absolute atomic E-state index is 0.0811. The van der Waals surface area contributed by atoms with Gasteiger partial charge in [0.1, 0.15) is 5.82 Å². The molecule has 1 aromatic heterocycles. The molecule has 2 amide bonds. The molecule has 0 unspecified atom stereocenters. The molecule has 0 aliphatic rings. The van der Waals surface area contributed by atoms with Crippen LogP contribution >= 0.6 is 15.9 Å². The van der Waals surface area contributed by atoms with E-state index in [4.69, 9.17) is 5.73 Å². The molecule has 82 valence electrons. The standard InChI is InChI=1S/C9H13BrN4O/c1-5(2)13-9(15)14-8-7(10)3-6(11)4-12-8/h3-5H,11H2,1-2H3,(H2,12,13,14,15). The number of hydrogen-bond acceptors (Lipinski definition) is 3. The number of pyridine rings is 1. The molecule has 4 N–H and O–H groups in total. The maximum Gasteiger partial charge on any atom is 0.320 e. The Balaban J connectivity index is 2.68. The van der Waals surface area contributed by atoms with Crippen LogP contribution in [-0.4, -0.2) is 17.1 Å². The lowest BCUT2D eigenvalue weighted by atomic mass is 10.4. The largest absolute Gasteiger partial charge is 0.397 e. The van der Waals surface area contributed by atoms with Gasteiger partial charge in [0.15, 0.2) is 0 Å². The van der Waals surface area contributed by atoms with Gasteiger partial charge in [0.25, 0.3) is 0 Å². The monoisotopic (exact) mass is 272 g/mol. The number of halogens is 1. The van der Waals surface area contributed by atoms with Crippen molar-refractivity contribution in [2.45, 2.75) is 19.9 Å². The summed E-state index contributed by atoms with van der Waals surface area (Å²) in [4.78, 5) is 15.3. The Kier molecular flexibility index (Phi) is 3.90. The van der Waals surface area contributed by atoms with Gasteiger partial charge in [-0.05, 0) is 35.8 Å². The smallest absolute Gasteiger partial charge is 0.320 e. The predicted octanol–water partition coefficient (Wildman–Crippen LogP) is 1.96. The molecule has 15 heavy (non-hydrogen) atoms. The van der Waals surface area contributed by atoms with E-state index in [1.807, 2.05) is 13.8 Å². The van der Waals surface area contributed by atoms with Crippen molar-refractivity contribution in [1.29, 1.82) is 0 Å². The lowest BCUT2D eigenvalue weighted by Crippen LogP contribution is -2.34. The summed E-state index contributed by atoms with van der Waals surface area (Å²) >= 11 is 3.26. The number of nitrogen functional groups attached to an aromatic ring is 1. The number of aromatic nitrogens is 1. The number of carbonyl (C=O) groups excluding carboxylic acids is 1. The molecule has 0 fully saturated rings. The minimum atomic E-state index is -0.289. The molecule has 1 aromatic rings. The van der Waals surface area contributed by atoms with Crippen molar-refractivity contribution in [3.8, 4) is 0 Å². The predicted molar refractivity (Wildman–Crippen MR) is 63.6 cm³/mol. The van der Waals surface area contributed by atoms with Gasteiger partial charge in [0, 0.05) is 6.04 Å². The lowest BCUT2D eigenvalue weighted by molar-refractivity contribution is 0.250. The van der Waals surface area contributed by atoms with Crippen molar-refractivity contribution in [2.75, 3.05) is 11.1 Å². The highest BCUT2D eigenvalue weighted by Crippen LogP contribution is 2.21. The highest BCUT2D eigenvalue weighted by Gasteiger charge is 2.07. The normalized spacial score (nSPS) is 10.1. The fourth-order valence-corrected chi connectivity index (χ4v) is 1.42. The van der Waals surface area contributed by atoms with Crippen molar-refractivity contribution in [2.24, 2.45) is 0 Å². The summed E-state index contributed by atoms with van der Waals surface area (Å²) < 4.78 is 0.654. The van der Waals surface area contributed by atoms with E-state index in [1.165, 1.54) is 6.20 Å². The molecule has 0 saturated carbocycles. The van der Waals surface area contributed by atoms with E-state index in [9.17, 15) is 4.79 Å². The van der Waals surface area contributed by atoms with E-state index in [0.717, 1.165) is 0 Å². The van der Waals surface area contributed by atoms with Crippen LogP contribution in [0, 0.1) is 0 Å². The van der Waals surface area contributed by atoms with Gasteiger partial charge < -0.3 is 11.1 Å². The first-order chi connectivity index (χ1) is 6.99. The number of nitrogens with two attached hydrogens (primary N) is 1. The summed E-state index contributed by atoms with van der Waals surface area (Å²) in [5.41, 5.74) is 6.06. The zero-order chi connectivity index (χ0) is 11.4. The van der Waals surface area contributed by atoms with Gasteiger partial charge >= 0.3 is 6.03 Å². The van der Waals surface area contributed by atoms with Crippen LogP contribution in [-0.2, 0) is 0 Å². The van der Waals surface area contributed by atoms with E-state index in [0.29, 0.717) is 16.0 Å².